The number of benzene rings is 3. The Morgan fingerprint density at radius 1 is 0.909 bits per heavy atom. The summed E-state index contributed by atoms with van der Waals surface area (Å²) >= 11 is 0. The van der Waals surface area contributed by atoms with Crippen LogP contribution in [0.15, 0.2) is 75.2 Å². The van der Waals surface area contributed by atoms with Crippen LogP contribution in [0.1, 0.15) is 25.1 Å². The van der Waals surface area contributed by atoms with E-state index in [9.17, 15) is 9.59 Å². The normalized spacial score (nSPS) is 11.8. The molecular formula is C26H25N5O2. The van der Waals surface area contributed by atoms with Gasteiger partial charge in [0.05, 0.1) is 28.0 Å². The molecule has 0 unspecified atom stereocenters. The number of fused-ring (bicyclic) bond motifs is 2. The number of aliphatic imine (C=N–C) groups is 1. The molecule has 7 heteroatoms. The molecule has 0 amide bonds. The fraction of sp³-hybridized carbons (Fsp3) is 0.192. The van der Waals surface area contributed by atoms with Crippen LogP contribution in [-0.2, 0) is 13.1 Å². The first-order chi connectivity index (χ1) is 16.0. The van der Waals surface area contributed by atoms with E-state index in [2.05, 4.69) is 10.1 Å². The van der Waals surface area contributed by atoms with Crippen LogP contribution < -0.4 is 11.2 Å². The third-order valence-corrected chi connectivity index (χ3v) is 6.10. The van der Waals surface area contributed by atoms with Crippen LogP contribution in [0, 0.1) is 6.92 Å². The van der Waals surface area contributed by atoms with Crippen molar-refractivity contribution in [2.75, 3.05) is 0 Å². The lowest BCUT2D eigenvalue weighted by Gasteiger charge is -2.06. The number of aromatic nitrogens is 4. The van der Waals surface area contributed by atoms with Crippen LogP contribution in [0.2, 0.25) is 0 Å². The van der Waals surface area contributed by atoms with Gasteiger partial charge in [0.15, 0.2) is 0 Å². The summed E-state index contributed by atoms with van der Waals surface area (Å²) in [6.45, 7) is 6.98. The van der Waals surface area contributed by atoms with E-state index in [0.717, 1.165) is 33.2 Å². The van der Waals surface area contributed by atoms with E-state index in [4.69, 9.17) is 0 Å². The number of nitrogens with zero attached hydrogens (tertiary/aromatic N) is 4. The molecule has 5 rings (SSSR count). The molecule has 0 aliphatic carbocycles. The monoisotopic (exact) mass is 439 g/mol. The van der Waals surface area contributed by atoms with E-state index in [1.807, 2.05) is 81.4 Å². The quantitative estimate of drug-likeness (QED) is 0.408. The first-order valence-electron chi connectivity index (χ1n) is 11.1. The van der Waals surface area contributed by atoms with E-state index in [1.54, 1.807) is 20.0 Å². The first kappa shape index (κ1) is 20.8. The van der Waals surface area contributed by atoms with Crippen LogP contribution in [0.3, 0.4) is 0 Å². The van der Waals surface area contributed by atoms with E-state index < -0.39 is 0 Å². The lowest BCUT2D eigenvalue weighted by atomic mass is 10.1. The Kier molecular flexibility index (Phi) is 5.09. The molecule has 0 radical (unpaired) electrons. The van der Waals surface area contributed by atoms with Gasteiger partial charge in [-0.2, -0.15) is 0 Å². The predicted molar refractivity (Wildman–Crippen MR) is 133 cm³/mol. The molecule has 166 valence electrons. The van der Waals surface area contributed by atoms with Crippen molar-refractivity contribution in [3.8, 4) is 5.69 Å². The lowest BCUT2D eigenvalue weighted by molar-refractivity contribution is 0.671. The summed E-state index contributed by atoms with van der Waals surface area (Å²) in [5, 5.41) is 5.25. The molecule has 33 heavy (non-hydrogen) atoms. The molecule has 5 aromatic rings. The molecule has 0 spiro atoms. The highest BCUT2D eigenvalue weighted by molar-refractivity contribution is 5.90. The molecule has 1 N–H and O–H groups in total. The number of H-pyrrole nitrogens is 1. The van der Waals surface area contributed by atoms with Gasteiger partial charge in [0.25, 0.3) is 5.56 Å². The molecule has 3 aromatic carbocycles. The summed E-state index contributed by atoms with van der Waals surface area (Å²) in [5.74, 6) is 0. The van der Waals surface area contributed by atoms with E-state index >= 15 is 0 Å². The Morgan fingerprint density at radius 3 is 2.42 bits per heavy atom. The van der Waals surface area contributed by atoms with Crippen molar-refractivity contribution in [3.05, 3.63) is 92.8 Å². The maximum Gasteiger partial charge on any atom is 0.329 e. The molecule has 2 heterocycles. The number of hydrogen-bond acceptors (Lipinski definition) is 3. The largest absolute Gasteiger partial charge is 0.329 e. The standard InChI is InChI=1S/C26H25N5O2/c1-4-29-23-14-13-19(15-24(23)30(5-2)26(29)33)27-16-21-17(3)28-31(25(21)32)22-12-8-10-18-9-6-7-11-20(18)22/h6-16,28H,4-5H2,1-3H3. The maximum absolute atomic E-state index is 13.2. The van der Waals surface area contributed by atoms with Gasteiger partial charge in [-0.05, 0) is 50.4 Å². The van der Waals surface area contributed by atoms with Gasteiger partial charge >= 0.3 is 5.69 Å². The highest BCUT2D eigenvalue weighted by atomic mass is 16.2. The van der Waals surface area contributed by atoms with Crippen molar-refractivity contribution in [2.24, 2.45) is 4.99 Å². The number of imidazole rings is 1. The van der Waals surface area contributed by atoms with Crippen LogP contribution in [-0.4, -0.2) is 25.1 Å². The van der Waals surface area contributed by atoms with Gasteiger partial charge in [-0.15, -0.1) is 0 Å². The Bertz CT molecular complexity index is 1640. The average molecular weight is 440 g/mol. The number of nitrogens with one attached hydrogen (secondary N) is 1. The molecule has 0 fully saturated rings. The SMILES string of the molecule is CCn1c(=O)n(CC)c2cc(N=Cc3c(C)[nH]n(-c4cccc5ccccc45)c3=O)ccc21. The summed E-state index contributed by atoms with van der Waals surface area (Å²) in [5.41, 5.74) is 4.29. The third-order valence-electron chi connectivity index (χ3n) is 6.10. The molecule has 7 nitrogen and oxygen atoms in total. The molecule has 0 saturated heterocycles. The molecule has 0 saturated carbocycles. The van der Waals surface area contributed by atoms with Crippen molar-refractivity contribution in [1.29, 1.82) is 0 Å². The van der Waals surface area contributed by atoms with Gasteiger partial charge in [0, 0.05) is 30.4 Å². The molecule has 0 atom stereocenters. The minimum Gasteiger partial charge on any atom is -0.295 e. The van der Waals surface area contributed by atoms with Crippen molar-refractivity contribution in [1.82, 2.24) is 18.9 Å². The minimum atomic E-state index is -0.156. The van der Waals surface area contributed by atoms with Crippen LogP contribution in [0.25, 0.3) is 27.5 Å². The number of aryl methyl sites for hydroxylation is 3. The number of aromatic amines is 1. The topological polar surface area (TPSA) is 77.1 Å². The maximum atomic E-state index is 13.2. The minimum absolute atomic E-state index is 0.0180. The highest BCUT2D eigenvalue weighted by Crippen LogP contribution is 2.23. The third kappa shape index (κ3) is 3.33. The van der Waals surface area contributed by atoms with Gasteiger partial charge in [0.2, 0.25) is 0 Å². The van der Waals surface area contributed by atoms with Crippen LogP contribution in [0.5, 0.6) is 0 Å². The number of rotatable bonds is 5. The Balaban J connectivity index is 1.58. The van der Waals surface area contributed by atoms with Crippen LogP contribution in [0.4, 0.5) is 5.69 Å². The van der Waals surface area contributed by atoms with Crippen LogP contribution >= 0.6 is 0 Å². The van der Waals surface area contributed by atoms with Crippen molar-refractivity contribution in [2.45, 2.75) is 33.9 Å². The van der Waals surface area contributed by atoms with Gasteiger partial charge in [0.1, 0.15) is 0 Å². The Hall–Kier alpha value is -4.13. The van der Waals surface area contributed by atoms with Gasteiger partial charge in [-0.1, -0.05) is 36.4 Å². The van der Waals surface area contributed by atoms with Crippen molar-refractivity contribution in [3.63, 3.8) is 0 Å². The molecule has 0 bridgehead atoms. The summed E-state index contributed by atoms with van der Waals surface area (Å²) < 4.78 is 5.07. The first-order valence-corrected chi connectivity index (χ1v) is 11.1. The van der Waals surface area contributed by atoms with E-state index in [0.29, 0.717) is 24.3 Å². The zero-order chi connectivity index (χ0) is 23.1. The summed E-state index contributed by atoms with van der Waals surface area (Å²) in [4.78, 5) is 30.4. The molecule has 0 aliphatic rings. The Morgan fingerprint density at radius 2 is 1.64 bits per heavy atom. The fourth-order valence-corrected chi connectivity index (χ4v) is 4.42. The van der Waals surface area contributed by atoms with Crippen molar-refractivity contribution >= 4 is 33.7 Å². The molecule has 2 aromatic heterocycles. The second-order valence-electron chi connectivity index (χ2n) is 7.99. The van der Waals surface area contributed by atoms with Gasteiger partial charge < -0.3 is 0 Å². The summed E-state index contributed by atoms with van der Waals surface area (Å²) in [7, 11) is 0. The smallest absolute Gasteiger partial charge is 0.295 e. The number of hydrogen-bond donors (Lipinski definition) is 1. The lowest BCUT2D eigenvalue weighted by Crippen LogP contribution is -2.22. The summed E-state index contributed by atoms with van der Waals surface area (Å²) in [6, 6.07) is 19.6. The Labute approximate surface area is 190 Å². The van der Waals surface area contributed by atoms with E-state index in [1.165, 1.54) is 0 Å². The predicted octanol–water partition coefficient (Wildman–Crippen LogP) is 4.53. The molecule has 0 aliphatic heterocycles. The molecular weight excluding hydrogens is 414 g/mol. The van der Waals surface area contributed by atoms with Crippen molar-refractivity contribution < 1.29 is 0 Å². The highest BCUT2D eigenvalue weighted by Gasteiger charge is 2.14. The average Bonchev–Trinajstić information content (AvgIpc) is 3.27. The summed E-state index contributed by atoms with van der Waals surface area (Å²) in [6.07, 6.45) is 1.60. The second-order valence-corrected chi connectivity index (χ2v) is 7.99. The second kappa shape index (κ2) is 8.09. The fourth-order valence-electron chi connectivity index (χ4n) is 4.42. The van der Waals surface area contributed by atoms with Gasteiger partial charge in [-0.3, -0.25) is 24.0 Å². The zero-order valence-corrected chi connectivity index (χ0v) is 18.9. The van der Waals surface area contributed by atoms with E-state index in [-0.39, 0.29) is 11.2 Å². The van der Waals surface area contributed by atoms with Gasteiger partial charge in [-0.25, -0.2) is 9.48 Å². The zero-order valence-electron chi connectivity index (χ0n) is 18.9.